The van der Waals surface area contributed by atoms with Gasteiger partial charge in [0.25, 0.3) is 0 Å². The van der Waals surface area contributed by atoms with Gasteiger partial charge in [0, 0.05) is 37.6 Å². The number of aromatic nitrogens is 1. The number of hydrogen-bond donors (Lipinski definition) is 2. The highest BCUT2D eigenvalue weighted by molar-refractivity contribution is 7.15. The Bertz CT molecular complexity index is 504. The number of thiazole rings is 1. The van der Waals surface area contributed by atoms with Crippen LogP contribution < -0.4 is 10.6 Å². The lowest BCUT2D eigenvalue weighted by Crippen LogP contribution is -2.44. The quantitative estimate of drug-likeness (QED) is 0.888. The molecule has 0 unspecified atom stereocenters. The van der Waals surface area contributed by atoms with E-state index in [1.54, 1.807) is 0 Å². The van der Waals surface area contributed by atoms with Gasteiger partial charge in [-0.25, -0.2) is 9.78 Å². The summed E-state index contributed by atoms with van der Waals surface area (Å²) in [6.45, 7) is 12.9. The van der Waals surface area contributed by atoms with Crippen LogP contribution >= 0.6 is 11.3 Å². The molecule has 0 atom stereocenters. The second-order valence-electron chi connectivity index (χ2n) is 6.50. The Kier molecular flexibility index (Phi) is 5.77. The first kappa shape index (κ1) is 17.2. The molecular weight excluding hydrogens is 300 g/mol. The molecule has 0 radical (unpaired) electrons. The molecule has 1 aliphatic heterocycles. The van der Waals surface area contributed by atoms with Crippen LogP contribution in [0.5, 0.6) is 0 Å². The molecule has 2 N–H and O–H groups in total. The number of rotatable bonds is 4. The minimum Gasteiger partial charge on any atom is -0.444 e. The summed E-state index contributed by atoms with van der Waals surface area (Å²) in [4.78, 5) is 19.9. The van der Waals surface area contributed by atoms with Crippen molar-refractivity contribution < 1.29 is 9.53 Å². The third kappa shape index (κ3) is 5.55. The summed E-state index contributed by atoms with van der Waals surface area (Å²) in [6, 6.07) is 0. The van der Waals surface area contributed by atoms with E-state index in [1.165, 1.54) is 16.2 Å². The molecule has 7 heteroatoms. The molecule has 0 aliphatic carbocycles. The van der Waals surface area contributed by atoms with Gasteiger partial charge in [0.1, 0.15) is 5.60 Å². The fourth-order valence-corrected chi connectivity index (χ4v) is 3.24. The summed E-state index contributed by atoms with van der Waals surface area (Å²) in [6.07, 6.45) is 0.523. The number of hydrogen-bond acceptors (Lipinski definition) is 6. The molecule has 0 aromatic carbocycles. The van der Waals surface area contributed by atoms with Crippen molar-refractivity contribution in [3.63, 3.8) is 0 Å². The fraction of sp³-hybridized carbons (Fsp3) is 0.733. The lowest BCUT2D eigenvalue weighted by Gasteiger charge is -2.26. The van der Waals surface area contributed by atoms with Crippen molar-refractivity contribution in [2.45, 2.75) is 39.7 Å². The summed E-state index contributed by atoms with van der Waals surface area (Å²) in [5, 5.41) is 6.69. The zero-order valence-electron chi connectivity index (χ0n) is 13.9. The number of carbonyl (C=O) groups excluding carboxylic acids is 1. The van der Waals surface area contributed by atoms with Gasteiger partial charge in [-0.2, -0.15) is 0 Å². The Morgan fingerprint density at radius 1 is 1.41 bits per heavy atom. The molecule has 0 bridgehead atoms. The molecule has 0 spiro atoms. The summed E-state index contributed by atoms with van der Waals surface area (Å²) in [7, 11) is 0. The molecule has 1 aromatic heterocycles. The topological polar surface area (TPSA) is 66.5 Å². The maximum Gasteiger partial charge on any atom is 0.413 e. The van der Waals surface area contributed by atoms with Crippen molar-refractivity contribution >= 4 is 22.6 Å². The van der Waals surface area contributed by atoms with Gasteiger partial charge in [0.15, 0.2) is 5.13 Å². The number of nitrogens with zero attached hydrogens (tertiary/aromatic N) is 2. The molecular formula is C15H26N4O2S. The minimum atomic E-state index is -0.498. The van der Waals surface area contributed by atoms with Gasteiger partial charge >= 0.3 is 6.09 Å². The van der Waals surface area contributed by atoms with Crippen molar-refractivity contribution in [3.05, 3.63) is 10.6 Å². The van der Waals surface area contributed by atoms with Gasteiger partial charge in [-0.15, -0.1) is 11.3 Å². The van der Waals surface area contributed by atoms with Crippen LogP contribution in [-0.2, 0) is 11.2 Å². The van der Waals surface area contributed by atoms with Crippen LogP contribution in [0.25, 0.3) is 0 Å². The Morgan fingerprint density at radius 3 is 2.73 bits per heavy atom. The molecule has 6 nitrogen and oxygen atoms in total. The van der Waals surface area contributed by atoms with E-state index in [1.807, 2.05) is 27.7 Å². The van der Waals surface area contributed by atoms with Crippen LogP contribution in [0.15, 0.2) is 0 Å². The van der Waals surface area contributed by atoms with E-state index in [0.717, 1.165) is 44.8 Å². The van der Waals surface area contributed by atoms with Gasteiger partial charge in [-0.05, 0) is 34.1 Å². The Hall–Kier alpha value is -1.18. The summed E-state index contributed by atoms with van der Waals surface area (Å²) < 4.78 is 5.25. The smallest absolute Gasteiger partial charge is 0.413 e. The highest BCUT2D eigenvalue weighted by Gasteiger charge is 2.18. The second kappa shape index (κ2) is 7.39. The third-order valence-electron chi connectivity index (χ3n) is 3.37. The van der Waals surface area contributed by atoms with E-state index < -0.39 is 11.7 Å². The van der Waals surface area contributed by atoms with Crippen molar-refractivity contribution in [3.8, 4) is 0 Å². The lowest BCUT2D eigenvalue weighted by molar-refractivity contribution is 0.0636. The highest BCUT2D eigenvalue weighted by atomic mass is 32.1. The van der Waals surface area contributed by atoms with E-state index >= 15 is 0 Å². The van der Waals surface area contributed by atoms with Crippen molar-refractivity contribution in [1.29, 1.82) is 0 Å². The van der Waals surface area contributed by atoms with Crippen molar-refractivity contribution in [2.24, 2.45) is 0 Å². The SMILES string of the molecule is Cc1nc(NC(=O)OC(C)(C)C)sc1CCN1CCNCC1. The molecule has 124 valence electrons. The number of amides is 1. The number of anilines is 1. The van der Waals surface area contributed by atoms with Crippen molar-refractivity contribution in [1.82, 2.24) is 15.2 Å². The number of ether oxygens (including phenoxy) is 1. The molecule has 22 heavy (non-hydrogen) atoms. The summed E-state index contributed by atoms with van der Waals surface area (Å²) in [5.74, 6) is 0. The molecule has 1 saturated heterocycles. The van der Waals surface area contributed by atoms with E-state index in [-0.39, 0.29) is 0 Å². The van der Waals surface area contributed by atoms with Gasteiger partial charge in [-0.3, -0.25) is 5.32 Å². The van der Waals surface area contributed by atoms with Crippen LogP contribution in [-0.4, -0.2) is 54.3 Å². The maximum atomic E-state index is 11.8. The molecule has 0 saturated carbocycles. The van der Waals surface area contributed by atoms with Gasteiger partial charge in [-0.1, -0.05) is 0 Å². The number of carbonyl (C=O) groups is 1. The fourth-order valence-electron chi connectivity index (χ4n) is 2.30. The first-order valence-corrected chi connectivity index (χ1v) is 8.54. The number of nitrogens with one attached hydrogen (secondary N) is 2. The van der Waals surface area contributed by atoms with Crippen LogP contribution in [0.1, 0.15) is 31.3 Å². The normalized spacial score (nSPS) is 16.5. The summed E-state index contributed by atoms with van der Waals surface area (Å²) in [5.41, 5.74) is 0.493. The predicted molar refractivity (Wildman–Crippen MR) is 89.7 cm³/mol. The van der Waals surface area contributed by atoms with Crippen LogP contribution in [0, 0.1) is 6.92 Å². The largest absolute Gasteiger partial charge is 0.444 e. The second-order valence-corrected chi connectivity index (χ2v) is 7.58. The van der Waals surface area contributed by atoms with Crippen LogP contribution in [0.4, 0.5) is 9.93 Å². The first-order chi connectivity index (χ1) is 10.3. The molecule has 1 aliphatic rings. The molecule has 2 rings (SSSR count). The van der Waals surface area contributed by atoms with Crippen molar-refractivity contribution in [2.75, 3.05) is 38.0 Å². The zero-order valence-corrected chi connectivity index (χ0v) is 14.7. The van der Waals surface area contributed by atoms with Crippen LogP contribution in [0.3, 0.4) is 0 Å². The molecule has 1 aromatic rings. The van der Waals surface area contributed by atoms with E-state index in [0.29, 0.717) is 5.13 Å². The average Bonchev–Trinajstić information content (AvgIpc) is 2.75. The predicted octanol–water partition coefficient (Wildman–Crippen LogP) is 2.25. The molecule has 1 amide bonds. The minimum absolute atomic E-state index is 0.449. The van der Waals surface area contributed by atoms with Gasteiger partial charge < -0.3 is 15.0 Å². The summed E-state index contributed by atoms with van der Waals surface area (Å²) >= 11 is 1.54. The monoisotopic (exact) mass is 326 g/mol. The first-order valence-electron chi connectivity index (χ1n) is 7.73. The zero-order chi connectivity index (χ0) is 16.2. The van der Waals surface area contributed by atoms with E-state index in [9.17, 15) is 4.79 Å². The highest BCUT2D eigenvalue weighted by Crippen LogP contribution is 2.24. The Labute approximate surface area is 136 Å². The average molecular weight is 326 g/mol. The van der Waals surface area contributed by atoms with Crippen LogP contribution in [0.2, 0.25) is 0 Å². The Morgan fingerprint density at radius 2 is 2.09 bits per heavy atom. The lowest BCUT2D eigenvalue weighted by atomic mass is 10.2. The molecule has 1 fully saturated rings. The number of piperazine rings is 1. The Balaban J connectivity index is 1.86. The standard InChI is InChI=1S/C15H26N4O2S/c1-11-12(5-8-19-9-6-16-7-10-19)22-13(17-11)18-14(20)21-15(2,3)4/h16H,5-10H2,1-4H3,(H,17,18,20). The maximum absolute atomic E-state index is 11.8. The number of aryl methyl sites for hydroxylation is 1. The van der Waals surface area contributed by atoms with Gasteiger partial charge in [0.2, 0.25) is 0 Å². The third-order valence-corrected chi connectivity index (χ3v) is 4.50. The van der Waals surface area contributed by atoms with Gasteiger partial charge in [0.05, 0.1) is 5.69 Å². The van der Waals surface area contributed by atoms with E-state index in [4.69, 9.17) is 4.74 Å². The molecule has 2 heterocycles. The van der Waals surface area contributed by atoms with E-state index in [2.05, 4.69) is 20.5 Å².